The Hall–Kier alpha value is -3.28. The normalized spacial score (nSPS) is 21.5. The maximum Gasteiger partial charge on any atom is 0.406 e. The van der Waals surface area contributed by atoms with Gasteiger partial charge in [0.1, 0.15) is 12.3 Å². The molecule has 244 valence electrons. The van der Waals surface area contributed by atoms with E-state index in [1.54, 1.807) is 24.3 Å². The Kier molecular flexibility index (Phi) is 9.72. The average molecular weight is 648 g/mol. The Morgan fingerprint density at radius 2 is 1.84 bits per heavy atom. The number of ether oxygens (including phenoxy) is 2. The van der Waals surface area contributed by atoms with Crippen LogP contribution in [0.1, 0.15) is 36.9 Å². The van der Waals surface area contributed by atoms with Gasteiger partial charge in [-0.2, -0.15) is 17.5 Å². The van der Waals surface area contributed by atoms with Crippen LogP contribution >= 0.6 is 0 Å². The maximum absolute atomic E-state index is 13.7. The molecule has 1 saturated carbocycles. The fourth-order valence-corrected chi connectivity index (χ4v) is 7.69. The lowest BCUT2D eigenvalue weighted by Gasteiger charge is -2.40. The van der Waals surface area contributed by atoms with Gasteiger partial charge in [0.2, 0.25) is 10.0 Å². The molecule has 0 bridgehead atoms. The van der Waals surface area contributed by atoms with Crippen LogP contribution < -0.4 is 15.8 Å². The first kappa shape index (κ1) is 33.1. The van der Waals surface area contributed by atoms with E-state index in [0.29, 0.717) is 41.6 Å². The van der Waals surface area contributed by atoms with E-state index in [2.05, 4.69) is 22.1 Å². The van der Waals surface area contributed by atoms with Gasteiger partial charge in [-0.1, -0.05) is 18.1 Å². The van der Waals surface area contributed by atoms with Crippen LogP contribution in [0, 0.1) is 11.8 Å². The van der Waals surface area contributed by atoms with E-state index in [4.69, 9.17) is 15.2 Å². The number of methoxy groups -OCH3 is 1. The Balaban J connectivity index is 1.39. The number of aromatic nitrogens is 1. The Labute approximate surface area is 262 Å². The van der Waals surface area contributed by atoms with Crippen molar-refractivity contribution in [2.45, 2.75) is 54.9 Å². The average Bonchev–Trinajstić information content (AvgIpc) is 3.35. The fraction of sp³-hybridized carbons (Fsp3) is 0.500. The largest absolute Gasteiger partial charge is 0.495 e. The molecule has 1 saturated heterocycles. The number of benzene rings is 2. The minimum absolute atomic E-state index is 0.0824. The maximum atomic E-state index is 13.7. The van der Waals surface area contributed by atoms with E-state index >= 15 is 0 Å². The van der Waals surface area contributed by atoms with Gasteiger partial charge in [0.05, 0.1) is 43.1 Å². The first-order valence-corrected chi connectivity index (χ1v) is 16.4. The van der Waals surface area contributed by atoms with Gasteiger partial charge < -0.3 is 30.0 Å². The summed E-state index contributed by atoms with van der Waals surface area (Å²) < 4.78 is 80.6. The number of hydrogen-bond donors (Lipinski definition) is 2. The second-order valence-electron chi connectivity index (χ2n) is 11.9. The zero-order valence-corrected chi connectivity index (χ0v) is 26.6. The standard InChI is InChI=1S/C32H40F3N5O4S/c1-38(2)23-11-13-31(36,14-12-23)27-7-4-8-29-26(27)20-24(40(29)22-32(33,34)35)6-5-15-37-28-10-9-25(21-30(28)43-3)45(41,42)39-16-18-44-19-17-39/h4,7-10,20-21,23,37H,11-19,22,36H2,1-3H3. The van der Waals surface area contributed by atoms with Crippen LogP contribution in [0.5, 0.6) is 5.75 Å². The van der Waals surface area contributed by atoms with Crippen molar-refractivity contribution >= 4 is 26.6 Å². The van der Waals surface area contributed by atoms with Crippen LogP contribution in [0.3, 0.4) is 0 Å². The highest BCUT2D eigenvalue weighted by molar-refractivity contribution is 7.89. The molecule has 2 aliphatic rings. The van der Waals surface area contributed by atoms with Gasteiger partial charge in [-0.15, -0.1) is 0 Å². The number of alkyl halides is 3. The molecule has 0 radical (unpaired) electrons. The second-order valence-corrected chi connectivity index (χ2v) is 13.8. The van der Waals surface area contributed by atoms with Crippen LogP contribution in [0.25, 0.3) is 10.9 Å². The minimum atomic E-state index is -4.45. The van der Waals surface area contributed by atoms with Crippen LogP contribution in [0.2, 0.25) is 0 Å². The molecule has 1 aromatic heterocycles. The van der Waals surface area contributed by atoms with Crippen molar-refractivity contribution in [3.63, 3.8) is 0 Å². The molecule has 45 heavy (non-hydrogen) atoms. The van der Waals surface area contributed by atoms with Crippen molar-refractivity contribution in [3.05, 3.63) is 53.7 Å². The van der Waals surface area contributed by atoms with Gasteiger partial charge in [-0.25, -0.2) is 8.42 Å². The summed E-state index contributed by atoms with van der Waals surface area (Å²) in [5.41, 5.74) is 8.33. The summed E-state index contributed by atoms with van der Waals surface area (Å²) in [6.45, 7) is 0.125. The third-order valence-corrected chi connectivity index (χ3v) is 10.7. The van der Waals surface area contributed by atoms with Crippen LogP contribution in [-0.2, 0) is 26.8 Å². The lowest BCUT2D eigenvalue weighted by molar-refractivity contribution is -0.140. The summed E-state index contributed by atoms with van der Waals surface area (Å²) in [5, 5.41) is 3.78. The lowest BCUT2D eigenvalue weighted by atomic mass is 9.74. The molecule has 1 aliphatic heterocycles. The molecule has 2 heterocycles. The smallest absolute Gasteiger partial charge is 0.406 e. The molecule has 0 spiro atoms. The highest BCUT2D eigenvalue weighted by Gasteiger charge is 2.36. The predicted molar refractivity (Wildman–Crippen MR) is 168 cm³/mol. The van der Waals surface area contributed by atoms with E-state index in [1.165, 1.54) is 28.1 Å². The highest BCUT2D eigenvalue weighted by atomic mass is 32.2. The fourth-order valence-electron chi connectivity index (χ4n) is 6.26. The number of sulfonamides is 1. The summed E-state index contributed by atoms with van der Waals surface area (Å²) in [6.07, 6.45) is -1.16. The molecule has 1 aliphatic carbocycles. The lowest BCUT2D eigenvalue weighted by Crippen LogP contribution is -2.44. The monoisotopic (exact) mass is 647 g/mol. The second kappa shape index (κ2) is 13.2. The SMILES string of the molecule is COc1cc(S(=O)(=O)N2CCOCC2)ccc1NCC#Cc1cc2c(C3(N)CCC(N(C)C)CC3)cccc2n1CC(F)(F)F. The molecule has 3 aromatic rings. The van der Waals surface area contributed by atoms with E-state index in [0.717, 1.165) is 31.2 Å². The molecule has 13 heteroatoms. The molecule has 2 fully saturated rings. The van der Waals surface area contributed by atoms with Crippen LogP contribution in [0.15, 0.2) is 47.4 Å². The van der Waals surface area contributed by atoms with Crippen LogP contribution in [0.4, 0.5) is 18.9 Å². The zero-order valence-electron chi connectivity index (χ0n) is 25.8. The minimum Gasteiger partial charge on any atom is -0.495 e. The number of nitrogens with two attached hydrogens (primary N) is 1. The van der Waals surface area contributed by atoms with Crippen molar-refractivity contribution in [1.82, 2.24) is 13.8 Å². The Bertz CT molecular complexity index is 1680. The number of rotatable bonds is 8. The highest BCUT2D eigenvalue weighted by Crippen LogP contribution is 2.40. The van der Waals surface area contributed by atoms with Crippen molar-refractivity contribution in [2.75, 3.05) is 59.4 Å². The summed E-state index contributed by atoms with van der Waals surface area (Å²) in [7, 11) is 1.82. The van der Waals surface area contributed by atoms with Crippen molar-refractivity contribution < 1.29 is 31.1 Å². The quantitative estimate of drug-likeness (QED) is 0.351. The van der Waals surface area contributed by atoms with E-state index in [9.17, 15) is 21.6 Å². The van der Waals surface area contributed by atoms with Crippen molar-refractivity contribution in [1.29, 1.82) is 0 Å². The van der Waals surface area contributed by atoms with Crippen molar-refractivity contribution in [2.24, 2.45) is 5.73 Å². The number of morpholine rings is 1. The number of fused-ring (bicyclic) bond motifs is 1. The van der Waals surface area contributed by atoms with E-state index in [1.807, 2.05) is 20.2 Å². The third-order valence-electron chi connectivity index (χ3n) is 8.76. The Morgan fingerprint density at radius 1 is 1.13 bits per heavy atom. The van der Waals surface area contributed by atoms with E-state index in [-0.39, 0.29) is 30.2 Å². The van der Waals surface area contributed by atoms with Gasteiger partial charge in [0, 0.05) is 41.6 Å². The molecule has 9 nitrogen and oxygen atoms in total. The number of hydrogen-bond acceptors (Lipinski definition) is 7. The first-order valence-electron chi connectivity index (χ1n) is 15.0. The number of nitrogens with zero attached hydrogens (tertiary/aromatic N) is 3. The van der Waals surface area contributed by atoms with E-state index < -0.39 is 28.3 Å². The summed E-state index contributed by atoms with van der Waals surface area (Å²) in [5.74, 6) is 6.16. The molecule has 0 atom stereocenters. The van der Waals surface area contributed by atoms with Gasteiger partial charge in [0.15, 0.2) is 0 Å². The van der Waals surface area contributed by atoms with Gasteiger partial charge in [-0.05, 0) is 75.5 Å². The molecule has 3 N–H and O–H groups in total. The molecule has 0 unspecified atom stereocenters. The third kappa shape index (κ3) is 7.26. The van der Waals surface area contributed by atoms with Crippen LogP contribution in [-0.4, -0.2) is 88.5 Å². The summed E-state index contributed by atoms with van der Waals surface area (Å²) >= 11 is 0. The number of nitrogens with one attached hydrogen (secondary N) is 1. The zero-order chi connectivity index (χ0) is 32.4. The summed E-state index contributed by atoms with van der Waals surface area (Å²) in [4.78, 5) is 2.29. The predicted octanol–water partition coefficient (Wildman–Crippen LogP) is 4.35. The van der Waals surface area contributed by atoms with Crippen molar-refractivity contribution in [3.8, 4) is 17.6 Å². The first-order chi connectivity index (χ1) is 21.3. The van der Waals surface area contributed by atoms with Gasteiger partial charge >= 0.3 is 6.18 Å². The molecule has 0 amide bonds. The molecule has 5 rings (SSSR count). The number of anilines is 1. The molecule has 2 aromatic carbocycles. The van der Waals surface area contributed by atoms with Gasteiger partial charge in [0.25, 0.3) is 0 Å². The topological polar surface area (TPSA) is 102 Å². The molecular weight excluding hydrogens is 607 g/mol. The van der Waals surface area contributed by atoms with Gasteiger partial charge in [-0.3, -0.25) is 0 Å². The molecular formula is C32H40F3N5O4S. The number of halogens is 3. The summed E-state index contributed by atoms with van der Waals surface area (Å²) in [6, 6.07) is 12.0. The Morgan fingerprint density at radius 3 is 2.49 bits per heavy atom.